The number of anilines is 1. The number of fused-ring (bicyclic) bond motifs is 1. The van der Waals surface area contributed by atoms with Crippen LogP contribution in [0.1, 0.15) is 36.0 Å². The molecule has 0 amide bonds. The van der Waals surface area contributed by atoms with Gasteiger partial charge in [-0.1, -0.05) is 25.1 Å². The van der Waals surface area contributed by atoms with Crippen molar-refractivity contribution in [3.63, 3.8) is 0 Å². The average molecular weight is 535 g/mol. The molecule has 1 aromatic heterocycles. The van der Waals surface area contributed by atoms with Gasteiger partial charge in [-0.05, 0) is 53.8 Å². The van der Waals surface area contributed by atoms with Gasteiger partial charge in [-0.15, -0.1) is 0 Å². The van der Waals surface area contributed by atoms with E-state index in [1.54, 1.807) is 19.5 Å². The number of aliphatic hydroxyl groups excluding tert-OH is 1. The molecule has 0 bridgehead atoms. The number of hydrogen-bond acceptors (Lipinski definition) is 9. The highest BCUT2D eigenvalue weighted by Gasteiger charge is 2.34. The zero-order chi connectivity index (χ0) is 27.0. The number of benzene rings is 2. The van der Waals surface area contributed by atoms with Crippen LogP contribution >= 0.6 is 0 Å². The Kier molecular flexibility index (Phi) is 9.26. The minimum absolute atomic E-state index is 0.160. The van der Waals surface area contributed by atoms with Gasteiger partial charge >= 0.3 is 6.01 Å². The number of ether oxygens (including phenoxy) is 4. The fraction of sp³-hybridized carbons (Fsp3) is 0.467. The highest BCUT2D eigenvalue weighted by atomic mass is 16.5. The molecule has 0 radical (unpaired) electrons. The summed E-state index contributed by atoms with van der Waals surface area (Å²) in [5, 5.41) is 14.2. The molecule has 3 aromatic rings. The number of piperidine rings is 1. The first-order valence-electron chi connectivity index (χ1n) is 13.7. The molecule has 3 atom stereocenters. The molecule has 208 valence electrons. The molecule has 2 aliphatic heterocycles. The Bertz CT molecular complexity index is 1190. The van der Waals surface area contributed by atoms with E-state index >= 15 is 0 Å². The van der Waals surface area contributed by atoms with E-state index in [4.69, 9.17) is 18.9 Å². The van der Waals surface area contributed by atoms with Gasteiger partial charge in [0, 0.05) is 51.7 Å². The number of β-amino-alcohol motifs (C(OH)–C–C–N with tert-alkyl or cyclic N) is 1. The number of nitrogens with one attached hydrogen (secondary N) is 1. The van der Waals surface area contributed by atoms with Crippen molar-refractivity contribution in [2.45, 2.75) is 44.5 Å². The Morgan fingerprint density at radius 1 is 1.08 bits per heavy atom. The van der Waals surface area contributed by atoms with Crippen molar-refractivity contribution in [1.82, 2.24) is 15.3 Å². The number of rotatable bonds is 11. The quantitative estimate of drug-likeness (QED) is 0.357. The van der Waals surface area contributed by atoms with Gasteiger partial charge < -0.3 is 34.3 Å². The van der Waals surface area contributed by atoms with Crippen LogP contribution < -0.4 is 19.7 Å². The Labute approximate surface area is 230 Å². The van der Waals surface area contributed by atoms with E-state index in [0.717, 1.165) is 60.7 Å². The van der Waals surface area contributed by atoms with Gasteiger partial charge in [-0.2, -0.15) is 0 Å². The maximum absolute atomic E-state index is 10.9. The predicted octanol–water partition coefficient (Wildman–Crippen LogP) is 3.70. The summed E-state index contributed by atoms with van der Waals surface area (Å²) in [6.45, 7) is 6.89. The molecule has 1 saturated heterocycles. The molecule has 1 fully saturated rings. The SMILES string of the molecule is CCc1cnc(Oc2ccc([C@@H]3C(OCc4ccc5c(c4)N(CCCOC)CCO5)CNC[C@H]3O)cc2)nc1. The van der Waals surface area contributed by atoms with E-state index in [9.17, 15) is 5.11 Å². The molecular formula is C30H38N4O5. The minimum Gasteiger partial charge on any atom is -0.490 e. The molecule has 9 heteroatoms. The van der Waals surface area contributed by atoms with Crippen LogP contribution in [-0.4, -0.2) is 73.8 Å². The van der Waals surface area contributed by atoms with Crippen molar-refractivity contribution in [3.05, 3.63) is 71.5 Å². The Hall–Kier alpha value is -3.24. The molecule has 1 unspecified atom stereocenters. The summed E-state index contributed by atoms with van der Waals surface area (Å²) in [4.78, 5) is 10.9. The van der Waals surface area contributed by atoms with Crippen LogP contribution in [-0.2, 0) is 22.5 Å². The molecule has 9 nitrogen and oxygen atoms in total. The Balaban J connectivity index is 1.24. The third-order valence-electron chi connectivity index (χ3n) is 7.30. The lowest BCUT2D eigenvalue weighted by atomic mass is 9.85. The lowest BCUT2D eigenvalue weighted by Crippen LogP contribution is -2.49. The highest BCUT2D eigenvalue weighted by Crippen LogP contribution is 2.34. The van der Waals surface area contributed by atoms with E-state index in [1.165, 1.54) is 0 Å². The van der Waals surface area contributed by atoms with Gasteiger partial charge in [-0.25, -0.2) is 9.97 Å². The second kappa shape index (κ2) is 13.2. The zero-order valence-corrected chi connectivity index (χ0v) is 22.7. The van der Waals surface area contributed by atoms with Crippen molar-refractivity contribution in [1.29, 1.82) is 0 Å². The number of nitrogens with zero attached hydrogens (tertiary/aromatic N) is 3. The van der Waals surface area contributed by atoms with Crippen molar-refractivity contribution in [3.8, 4) is 17.5 Å². The first-order chi connectivity index (χ1) is 19.1. The minimum atomic E-state index is -0.561. The molecule has 2 aliphatic rings. The number of hydrogen-bond donors (Lipinski definition) is 2. The maximum Gasteiger partial charge on any atom is 0.321 e. The normalized spacial score (nSPS) is 20.8. The standard InChI is InChI=1S/C30H38N4O5/c1-3-21-16-32-30(33-17-21)39-24-8-6-23(7-9-24)29-26(35)18-31-19-28(29)38-20-22-5-10-27-25(15-22)34(12-14-37-27)11-4-13-36-2/h5-10,15-17,26,28-29,31,35H,3-4,11-14,18-20H2,1-2H3/t26-,28?,29+/m1/s1. The van der Waals surface area contributed by atoms with E-state index in [-0.39, 0.29) is 12.0 Å². The molecule has 0 spiro atoms. The van der Waals surface area contributed by atoms with Crippen molar-refractivity contribution in [2.75, 3.05) is 51.4 Å². The summed E-state index contributed by atoms with van der Waals surface area (Å²) in [6, 6.07) is 14.3. The summed E-state index contributed by atoms with van der Waals surface area (Å²) < 4.78 is 23.4. The highest BCUT2D eigenvalue weighted by molar-refractivity contribution is 5.61. The van der Waals surface area contributed by atoms with Crippen LogP contribution in [0.3, 0.4) is 0 Å². The van der Waals surface area contributed by atoms with E-state index in [2.05, 4.69) is 39.2 Å². The van der Waals surface area contributed by atoms with Gasteiger partial charge in [0.1, 0.15) is 18.1 Å². The number of aromatic nitrogens is 2. The lowest BCUT2D eigenvalue weighted by Gasteiger charge is -2.36. The smallest absolute Gasteiger partial charge is 0.321 e. The third-order valence-corrected chi connectivity index (χ3v) is 7.30. The van der Waals surface area contributed by atoms with Crippen molar-refractivity contribution in [2.24, 2.45) is 0 Å². The Morgan fingerprint density at radius 3 is 2.67 bits per heavy atom. The molecule has 0 saturated carbocycles. The van der Waals surface area contributed by atoms with Crippen LogP contribution in [0.2, 0.25) is 0 Å². The van der Waals surface area contributed by atoms with Gasteiger partial charge in [0.05, 0.1) is 31.0 Å². The van der Waals surface area contributed by atoms with E-state index < -0.39 is 6.10 Å². The summed E-state index contributed by atoms with van der Waals surface area (Å²) in [6.07, 6.45) is 4.65. The summed E-state index contributed by atoms with van der Waals surface area (Å²) >= 11 is 0. The second-order valence-electron chi connectivity index (χ2n) is 9.98. The molecule has 39 heavy (non-hydrogen) atoms. The van der Waals surface area contributed by atoms with Gasteiger partial charge in [0.2, 0.25) is 0 Å². The largest absolute Gasteiger partial charge is 0.490 e. The third kappa shape index (κ3) is 6.86. The summed E-state index contributed by atoms with van der Waals surface area (Å²) in [5.41, 5.74) is 4.24. The van der Waals surface area contributed by atoms with Crippen LogP contribution in [0.4, 0.5) is 5.69 Å². The van der Waals surface area contributed by atoms with Crippen molar-refractivity contribution < 1.29 is 24.1 Å². The Morgan fingerprint density at radius 2 is 1.90 bits per heavy atom. The molecule has 0 aliphatic carbocycles. The van der Waals surface area contributed by atoms with Gasteiger partial charge in [0.25, 0.3) is 0 Å². The van der Waals surface area contributed by atoms with Crippen LogP contribution in [0.15, 0.2) is 54.9 Å². The van der Waals surface area contributed by atoms with Gasteiger partial charge in [0.15, 0.2) is 0 Å². The van der Waals surface area contributed by atoms with Crippen molar-refractivity contribution >= 4 is 5.69 Å². The molecule has 5 rings (SSSR count). The maximum atomic E-state index is 10.9. The van der Waals surface area contributed by atoms with Crippen LogP contribution in [0.25, 0.3) is 0 Å². The lowest BCUT2D eigenvalue weighted by molar-refractivity contribution is -0.0328. The molecule has 2 N–H and O–H groups in total. The number of aryl methyl sites for hydroxylation is 1. The monoisotopic (exact) mass is 534 g/mol. The first kappa shape index (κ1) is 27.3. The van der Waals surface area contributed by atoms with Gasteiger partial charge in [-0.3, -0.25) is 0 Å². The van der Waals surface area contributed by atoms with E-state index in [0.29, 0.717) is 38.1 Å². The summed E-state index contributed by atoms with van der Waals surface area (Å²) in [5.74, 6) is 1.39. The molecule has 3 heterocycles. The fourth-order valence-corrected chi connectivity index (χ4v) is 5.16. The van der Waals surface area contributed by atoms with Crippen LogP contribution in [0, 0.1) is 0 Å². The van der Waals surface area contributed by atoms with E-state index in [1.807, 2.05) is 30.3 Å². The zero-order valence-electron chi connectivity index (χ0n) is 22.7. The number of methoxy groups -OCH3 is 1. The molecular weight excluding hydrogens is 496 g/mol. The number of aliphatic hydroxyl groups is 1. The topological polar surface area (TPSA) is 98.2 Å². The predicted molar refractivity (Wildman–Crippen MR) is 149 cm³/mol. The summed E-state index contributed by atoms with van der Waals surface area (Å²) in [7, 11) is 1.73. The second-order valence-corrected chi connectivity index (χ2v) is 9.98. The van der Waals surface area contributed by atoms with Crippen LogP contribution in [0.5, 0.6) is 17.5 Å². The average Bonchev–Trinajstić information content (AvgIpc) is 2.97. The first-order valence-corrected chi connectivity index (χ1v) is 13.7. The fourth-order valence-electron chi connectivity index (χ4n) is 5.16. The molecule has 2 aromatic carbocycles.